The van der Waals surface area contributed by atoms with Gasteiger partial charge < -0.3 is 9.72 Å². The molecule has 0 aromatic carbocycles. The molecular formula is C17H20N4O. The molecule has 5 heteroatoms. The molecular weight excluding hydrogens is 276 g/mol. The lowest BCUT2D eigenvalue weighted by molar-refractivity contribution is -0.00884. The highest BCUT2D eigenvalue weighted by Crippen LogP contribution is 2.42. The summed E-state index contributed by atoms with van der Waals surface area (Å²) in [6.07, 6.45) is 12.5. The quantitative estimate of drug-likeness (QED) is 0.806. The van der Waals surface area contributed by atoms with E-state index in [9.17, 15) is 0 Å². The molecule has 4 rings (SSSR count). The van der Waals surface area contributed by atoms with Crippen LogP contribution in [-0.4, -0.2) is 26.9 Å². The third kappa shape index (κ3) is 1.96. The van der Waals surface area contributed by atoms with E-state index in [4.69, 9.17) is 4.74 Å². The summed E-state index contributed by atoms with van der Waals surface area (Å²) in [7, 11) is 3.75. The molecule has 0 radical (unpaired) electrons. The van der Waals surface area contributed by atoms with Crippen LogP contribution in [0.5, 0.6) is 0 Å². The highest BCUT2D eigenvalue weighted by molar-refractivity contribution is 5.93. The molecule has 1 aliphatic carbocycles. The third-order valence-electron chi connectivity index (χ3n) is 4.88. The minimum atomic E-state index is -0.162. The van der Waals surface area contributed by atoms with Crippen LogP contribution in [0.4, 0.5) is 0 Å². The second-order valence-electron chi connectivity index (χ2n) is 6.13. The van der Waals surface area contributed by atoms with Crippen molar-refractivity contribution >= 4 is 11.0 Å². The number of nitrogens with one attached hydrogen (secondary N) is 1. The van der Waals surface area contributed by atoms with Crippen LogP contribution in [0.2, 0.25) is 0 Å². The Kier molecular flexibility index (Phi) is 3.04. The summed E-state index contributed by atoms with van der Waals surface area (Å²) >= 11 is 0. The number of aromatic amines is 1. The van der Waals surface area contributed by atoms with E-state index in [1.807, 2.05) is 43.6 Å². The second kappa shape index (κ2) is 4.95. The summed E-state index contributed by atoms with van der Waals surface area (Å²) < 4.78 is 7.71. The number of rotatable bonds is 3. The molecule has 0 atom stereocenters. The predicted octanol–water partition coefficient (Wildman–Crippen LogP) is 3.38. The van der Waals surface area contributed by atoms with Crippen molar-refractivity contribution in [3.05, 3.63) is 36.4 Å². The standard InChI is InChI=1S/C17H20N4O/c1-21-11-12(8-20-21)15-10-19-16-14(15)7-13(9-18-16)17(22-2)5-3-4-6-17/h7-11H,3-6H2,1-2H3,(H,18,19). The van der Waals surface area contributed by atoms with Crippen LogP contribution in [0.25, 0.3) is 22.2 Å². The summed E-state index contributed by atoms with van der Waals surface area (Å²) in [5.41, 5.74) is 4.17. The Balaban J connectivity index is 1.86. The molecule has 22 heavy (non-hydrogen) atoms. The fraction of sp³-hybridized carbons (Fsp3) is 0.412. The number of fused-ring (bicyclic) bond motifs is 1. The Morgan fingerprint density at radius 1 is 1.27 bits per heavy atom. The van der Waals surface area contributed by atoms with E-state index < -0.39 is 0 Å². The first kappa shape index (κ1) is 13.5. The van der Waals surface area contributed by atoms with Crippen molar-refractivity contribution in [3.63, 3.8) is 0 Å². The minimum Gasteiger partial charge on any atom is -0.373 e. The zero-order valence-corrected chi connectivity index (χ0v) is 13.0. The molecule has 1 saturated carbocycles. The maximum absolute atomic E-state index is 5.89. The van der Waals surface area contributed by atoms with Gasteiger partial charge in [-0.1, -0.05) is 12.8 Å². The van der Waals surface area contributed by atoms with Gasteiger partial charge in [0.05, 0.1) is 11.8 Å². The van der Waals surface area contributed by atoms with E-state index in [2.05, 4.69) is 21.1 Å². The first-order valence-corrected chi connectivity index (χ1v) is 7.74. The van der Waals surface area contributed by atoms with Crippen molar-refractivity contribution in [2.24, 2.45) is 7.05 Å². The van der Waals surface area contributed by atoms with E-state index >= 15 is 0 Å². The van der Waals surface area contributed by atoms with Crippen molar-refractivity contribution in [3.8, 4) is 11.1 Å². The molecule has 0 unspecified atom stereocenters. The van der Waals surface area contributed by atoms with Gasteiger partial charge in [0, 0.05) is 54.8 Å². The van der Waals surface area contributed by atoms with Crippen LogP contribution in [-0.2, 0) is 17.4 Å². The molecule has 1 N–H and O–H groups in total. The molecule has 0 amide bonds. The van der Waals surface area contributed by atoms with Crippen LogP contribution >= 0.6 is 0 Å². The number of methoxy groups -OCH3 is 1. The van der Waals surface area contributed by atoms with Gasteiger partial charge in [0.2, 0.25) is 0 Å². The molecule has 114 valence electrons. The molecule has 0 bridgehead atoms. The Hall–Kier alpha value is -2.14. The van der Waals surface area contributed by atoms with Gasteiger partial charge in [-0.2, -0.15) is 5.10 Å². The first-order valence-electron chi connectivity index (χ1n) is 7.74. The van der Waals surface area contributed by atoms with Gasteiger partial charge in [-0.3, -0.25) is 4.68 Å². The molecule has 0 saturated heterocycles. The van der Waals surface area contributed by atoms with Gasteiger partial charge in [-0.15, -0.1) is 0 Å². The molecule has 1 fully saturated rings. The first-order chi connectivity index (χ1) is 10.7. The number of H-pyrrole nitrogens is 1. The molecule has 3 heterocycles. The van der Waals surface area contributed by atoms with Crippen LogP contribution < -0.4 is 0 Å². The van der Waals surface area contributed by atoms with E-state index in [-0.39, 0.29) is 5.60 Å². The monoisotopic (exact) mass is 296 g/mol. The molecule has 5 nitrogen and oxygen atoms in total. The van der Waals surface area contributed by atoms with Crippen LogP contribution in [0.3, 0.4) is 0 Å². The number of aromatic nitrogens is 4. The zero-order chi connectivity index (χ0) is 15.2. The van der Waals surface area contributed by atoms with E-state index in [1.165, 1.54) is 18.4 Å². The van der Waals surface area contributed by atoms with Gasteiger partial charge in [-0.25, -0.2) is 4.98 Å². The molecule has 0 aliphatic heterocycles. The van der Waals surface area contributed by atoms with E-state index in [0.717, 1.165) is 35.0 Å². The molecule has 3 aromatic heterocycles. The fourth-order valence-corrected chi connectivity index (χ4v) is 3.61. The molecule has 3 aromatic rings. The average molecular weight is 296 g/mol. The molecule has 1 aliphatic rings. The smallest absolute Gasteiger partial charge is 0.137 e. The van der Waals surface area contributed by atoms with E-state index in [0.29, 0.717) is 0 Å². The summed E-state index contributed by atoms with van der Waals surface area (Å²) in [6.45, 7) is 0. The summed E-state index contributed by atoms with van der Waals surface area (Å²) in [5.74, 6) is 0. The largest absolute Gasteiger partial charge is 0.373 e. The normalized spacial score (nSPS) is 17.4. The van der Waals surface area contributed by atoms with Gasteiger partial charge in [0.25, 0.3) is 0 Å². The maximum Gasteiger partial charge on any atom is 0.137 e. The van der Waals surface area contributed by atoms with Gasteiger partial charge in [0.15, 0.2) is 0 Å². The van der Waals surface area contributed by atoms with Crippen molar-refractivity contribution < 1.29 is 4.74 Å². The SMILES string of the molecule is COC1(c2cnc3[nH]cc(-c4cnn(C)c4)c3c2)CCCC1. The Morgan fingerprint density at radius 3 is 2.77 bits per heavy atom. The second-order valence-corrected chi connectivity index (χ2v) is 6.13. The van der Waals surface area contributed by atoms with Gasteiger partial charge >= 0.3 is 0 Å². The number of nitrogens with zero attached hydrogens (tertiary/aromatic N) is 3. The Labute approximate surface area is 129 Å². The topological polar surface area (TPSA) is 55.7 Å². The average Bonchev–Trinajstić information content (AvgIpc) is 3.25. The lowest BCUT2D eigenvalue weighted by atomic mass is 9.92. The lowest BCUT2D eigenvalue weighted by Crippen LogP contribution is -2.24. The summed E-state index contributed by atoms with van der Waals surface area (Å²) in [6, 6.07) is 2.23. The number of hydrogen-bond donors (Lipinski definition) is 1. The highest BCUT2D eigenvalue weighted by Gasteiger charge is 2.36. The minimum absolute atomic E-state index is 0.162. The van der Waals surface area contributed by atoms with Crippen molar-refractivity contribution in [2.45, 2.75) is 31.3 Å². The lowest BCUT2D eigenvalue weighted by Gasteiger charge is -2.27. The van der Waals surface area contributed by atoms with E-state index in [1.54, 1.807) is 0 Å². The summed E-state index contributed by atoms with van der Waals surface area (Å²) in [5, 5.41) is 5.40. The predicted molar refractivity (Wildman–Crippen MR) is 85.5 cm³/mol. The van der Waals surface area contributed by atoms with Crippen molar-refractivity contribution in [1.82, 2.24) is 19.7 Å². The number of ether oxygens (including phenoxy) is 1. The Morgan fingerprint density at radius 2 is 2.09 bits per heavy atom. The van der Waals surface area contributed by atoms with Crippen molar-refractivity contribution in [2.75, 3.05) is 7.11 Å². The zero-order valence-electron chi connectivity index (χ0n) is 13.0. The van der Waals surface area contributed by atoms with Crippen molar-refractivity contribution in [1.29, 1.82) is 0 Å². The van der Waals surface area contributed by atoms with Crippen LogP contribution in [0.15, 0.2) is 30.9 Å². The number of aryl methyl sites for hydroxylation is 1. The number of pyridine rings is 1. The fourth-order valence-electron chi connectivity index (χ4n) is 3.61. The van der Waals surface area contributed by atoms with Gasteiger partial charge in [-0.05, 0) is 18.9 Å². The highest BCUT2D eigenvalue weighted by atomic mass is 16.5. The summed E-state index contributed by atoms with van der Waals surface area (Å²) in [4.78, 5) is 7.86. The number of hydrogen-bond acceptors (Lipinski definition) is 3. The van der Waals surface area contributed by atoms with Crippen LogP contribution in [0.1, 0.15) is 31.2 Å². The van der Waals surface area contributed by atoms with Crippen LogP contribution in [0, 0.1) is 0 Å². The third-order valence-corrected chi connectivity index (χ3v) is 4.88. The Bertz CT molecular complexity index is 811. The molecule has 0 spiro atoms. The van der Waals surface area contributed by atoms with Gasteiger partial charge in [0.1, 0.15) is 5.65 Å². The maximum atomic E-state index is 5.89.